The zero-order valence-corrected chi connectivity index (χ0v) is 17.3. The molecule has 0 bridgehead atoms. The summed E-state index contributed by atoms with van der Waals surface area (Å²) in [7, 11) is 0. The van der Waals surface area contributed by atoms with Gasteiger partial charge in [-0.1, -0.05) is 29.3 Å². The molecular weight excluding hydrogens is 425 g/mol. The van der Waals surface area contributed by atoms with E-state index in [0.29, 0.717) is 22.8 Å². The van der Waals surface area contributed by atoms with Crippen LogP contribution in [0.15, 0.2) is 35.3 Å². The van der Waals surface area contributed by atoms with Crippen molar-refractivity contribution < 1.29 is 9.90 Å². The number of aromatic nitrogens is 3. The molecule has 0 aliphatic rings. The van der Waals surface area contributed by atoms with E-state index in [1.54, 1.807) is 33.5 Å². The number of hydrogen-bond acceptors (Lipinski definition) is 3. The molecule has 0 spiro atoms. The van der Waals surface area contributed by atoms with Gasteiger partial charge in [0.2, 0.25) is 5.28 Å². The standard InChI is InChI=1S/C19H16Cl3N3O3/c1-3-25-12(9-24-8-10(2)23-19(24)22)7-15(26)16(18(27)28)17(25)11-4-5-13(20)14(21)6-11/h4-8H,3,9H2,1-2H3,(H,27,28). The molecule has 0 fully saturated rings. The zero-order valence-electron chi connectivity index (χ0n) is 15.0. The summed E-state index contributed by atoms with van der Waals surface area (Å²) in [5, 5.41) is 10.6. The summed E-state index contributed by atoms with van der Waals surface area (Å²) in [5.41, 5.74) is 1.17. The summed E-state index contributed by atoms with van der Waals surface area (Å²) in [4.78, 5) is 28.7. The fourth-order valence-electron chi connectivity index (χ4n) is 3.14. The largest absolute Gasteiger partial charge is 0.477 e. The van der Waals surface area contributed by atoms with Gasteiger partial charge in [0, 0.05) is 30.1 Å². The van der Waals surface area contributed by atoms with E-state index in [0.717, 1.165) is 5.69 Å². The van der Waals surface area contributed by atoms with E-state index < -0.39 is 11.4 Å². The van der Waals surface area contributed by atoms with Gasteiger partial charge in [-0.05, 0) is 37.6 Å². The quantitative estimate of drug-likeness (QED) is 0.621. The average molecular weight is 441 g/mol. The van der Waals surface area contributed by atoms with Gasteiger partial charge in [0.05, 0.1) is 28.0 Å². The molecule has 0 saturated heterocycles. The third kappa shape index (κ3) is 3.81. The Morgan fingerprint density at radius 3 is 2.43 bits per heavy atom. The predicted molar refractivity (Wildman–Crippen MR) is 110 cm³/mol. The maximum Gasteiger partial charge on any atom is 0.341 e. The summed E-state index contributed by atoms with van der Waals surface area (Å²) in [5.74, 6) is -1.31. The fraction of sp³-hybridized carbons (Fsp3) is 0.211. The number of carbonyl (C=O) groups is 1. The number of halogens is 3. The number of imidazole rings is 1. The lowest BCUT2D eigenvalue weighted by Gasteiger charge is -2.20. The number of pyridine rings is 1. The van der Waals surface area contributed by atoms with Gasteiger partial charge in [-0.3, -0.25) is 4.79 Å². The van der Waals surface area contributed by atoms with Gasteiger partial charge in [0.15, 0.2) is 5.43 Å². The van der Waals surface area contributed by atoms with Crippen LogP contribution < -0.4 is 5.43 Å². The van der Waals surface area contributed by atoms with Crippen molar-refractivity contribution in [2.75, 3.05) is 0 Å². The van der Waals surface area contributed by atoms with Gasteiger partial charge in [-0.2, -0.15) is 0 Å². The molecule has 0 saturated carbocycles. The molecule has 2 heterocycles. The Hall–Kier alpha value is -2.28. The van der Waals surface area contributed by atoms with Gasteiger partial charge in [0.25, 0.3) is 0 Å². The third-order valence-corrected chi connectivity index (χ3v) is 5.34. The van der Waals surface area contributed by atoms with Gasteiger partial charge in [0.1, 0.15) is 5.56 Å². The van der Waals surface area contributed by atoms with Crippen LogP contribution in [0, 0.1) is 6.92 Å². The third-order valence-electron chi connectivity index (χ3n) is 4.30. The Labute approximate surface area is 175 Å². The first-order chi connectivity index (χ1) is 13.2. The van der Waals surface area contributed by atoms with Crippen molar-refractivity contribution >= 4 is 40.8 Å². The predicted octanol–water partition coefficient (Wildman–Crippen LogP) is 4.75. The van der Waals surface area contributed by atoms with Crippen molar-refractivity contribution in [3.8, 4) is 11.3 Å². The van der Waals surface area contributed by atoms with Gasteiger partial charge >= 0.3 is 5.97 Å². The summed E-state index contributed by atoms with van der Waals surface area (Å²) in [6, 6.07) is 6.08. The van der Waals surface area contributed by atoms with Crippen molar-refractivity contribution in [3.05, 3.63) is 73.0 Å². The number of rotatable bonds is 5. The Bertz CT molecular complexity index is 1140. The molecule has 6 nitrogen and oxygen atoms in total. The summed E-state index contributed by atoms with van der Waals surface area (Å²) < 4.78 is 3.45. The second kappa shape index (κ2) is 7.99. The van der Waals surface area contributed by atoms with Crippen LogP contribution in [-0.2, 0) is 13.1 Å². The Kier molecular flexibility index (Phi) is 5.84. The van der Waals surface area contributed by atoms with Crippen LogP contribution in [0.4, 0.5) is 0 Å². The van der Waals surface area contributed by atoms with Crippen LogP contribution in [-0.4, -0.2) is 25.2 Å². The Morgan fingerprint density at radius 2 is 1.89 bits per heavy atom. The van der Waals surface area contributed by atoms with Crippen LogP contribution in [0.25, 0.3) is 11.3 Å². The van der Waals surface area contributed by atoms with E-state index in [1.165, 1.54) is 6.07 Å². The highest BCUT2D eigenvalue weighted by molar-refractivity contribution is 6.42. The number of hydrogen-bond donors (Lipinski definition) is 1. The number of carboxylic acid groups (broad SMARTS) is 1. The molecule has 0 aliphatic heterocycles. The van der Waals surface area contributed by atoms with Gasteiger partial charge in [-0.15, -0.1) is 0 Å². The fourth-order valence-corrected chi connectivity index (χ4v) is 3.68. The molecule has 0 aliphatic carbocycles. The maximum absolute atomic E-state index is 12.7. The number of benzene rings is 1. The molecule has 9 heteroatoms. The minimum absolute atomic E-state index is 0.261. The Balaban J connectivity index is 2.30. The van der Waals surface area contributed by atoms with Crippen LogP contribution >= 0.6 is 34.8 Å². The molecule has 146 valence electrons. The molecular formula is C19H16Cl3N3O3. The highest BCUT2D eigenvalue weighted by atomic mass is 35.5. The maximum atomic E-state index is 12.7. The van der Waals surface area contributed by atoms with Crippen molar-refractivity contribution in [1.29, 1.82) is 0 Å². The van der Waals surface area contributed by atoms with Crippen LogP contribution in [0.2, 0.25) is 15.3 Å². The lowest BCUT2D eigenvalue weighted by atomic mass is 10.0. The summed E-state index contributed by atoms with van der Waals surface area (Å²) in [6.07, 6.45) is 1.76. The molecule has 1 N–H and O–H groups in total. The van der Waals surface area contributed by atoms with Gasteiger partial charge in [-0.25, -0.2) is 9.78 Å². The second-order valence-corrected chi connectivity index (χ2v) is 7.33. The van der Waals surface area contributed by atoms with Crippen molar-refractivity contribution in [2.24, 2.45) is 0 Å². The van der Waals surface area contributed by atoms with E-state index >= 15 is 0 Å². The topological polar surface area (TPSA) is 77.1 Å². The first kappa shape index (κ1) is 20.5. The molecule has 3 rings (SSSR count). The highest BCUT2D eigenvalue weighted by Crippen LogP contribution is 2.31. The normalized spacial score (nSPS) is 11.0. The summed E-state index contributed by atoms with van der Waals surface area (Å²) in [6.45, 7) is 4.36. The van der Waals surface area contributed by atoms with E-state index in [2.05, 4.69) is 4.98 Å². The smallest absolute Gasteiger partial charge is 0.341 e. The van der Waals surface area contributed by atoms with Crippen molar-refractivity contribution in [2.45, 2.75) is 26.9 Å². The van der Waals surface area contributed by atoms with Crippen molar-refractivity contribution in [3.63, 3.8) is 0 Å². The van der Waals surface area contributed by atoms with Gasteiger partial charge < -0.3 is 14.2 Å². The SMILES string of the molecule is CCn1c(Cn2cc(C)nc2Cl)cc(=O)c(C(=O)O)c1-c1ccc(Cl)c(Cl)c1. The molecule has 0 amide bonds. The molecule has 0 radical (unpaired) electrons. The van der Waals surface area contributed by atoms with Crippen LogP contribution in [0.5, 0.6) is 0 Å². The monoisotopic (exact) mass is 439 g/mol. The number of aromatic carboxylic acids is 1. The lowest BCUT2D eigenvalue weighted by Crippen LogP contribution is -2.24. The molecule has 28 heavy (non-hydrogen) atoms. The minimum Gasteiger partial charge on any atom is -0.477 e. The van der Waals surface area contributed by atoms with E-state index in [4.69, 9.17) is 34.8 Å². The number of carboxylic acids is 1. The van der Waals surface area contributed by atoms with E-state index in [-0.39, 0.29) is 28.1 Å². The van der Waals surface area contributed by atoms with E-state index in [1.807, 2.05) is 13.8 Å². The van der Waals surface area contributed by atoms with Crippen LogP contribution in [0.1, 0.15) is 28.7 Å². The molecule has 3 aromatic rings. The highest BCUT2D eigenvalue weighted by Gasteiger charge is 2.22. The molecule has 0 atom stereocenters. The molecule has 2 aromatic heterocycles. The molecule has 0 unspecified atom stereocenters. The van der Waals surface area contributed by atoms with Crippen molar-refractivity contribution in [1.82, 2.24) is 14.1 Å². The lowest BCUT2D eigenvalue weighted by molar-refractivity contribution is 0.0695. The summed E-state index contributed by atoms with van der Waals surface area (Å²) >= 11 is 18.3. The first-order valence-electron chi connectivity index (χ1n) is 8.37. The number of aryl methyl sites for hydroxylation is 1. The second-order valence-electron chi connectivity index (χ2n) is 6.18. The zero-order chi connectivity index (χ0) is 20.6. The van der Waals surface area contributed by atoms with Crippen LogP contribution in [0.3, 0.4) is 0 Å². The molecule has 1 aromatic carbocycles. The number of nitrogens with zero attached hydrogens (tertiary/aromatic N) is 3. The van der Waals surface area contributed by atoms with E-state index in [9.17, 15) is 14.7 Å². The minimum atomic E-state index is -1.31. The first-order valence-corrected chi connectivity index (χ1v) is 9.51. The Morgan fingerprint density at radius 1 is 1.18 bits per heavy atom. The average Bonchev–Trinajstić information content (AvgIpc) is 2.93.